The molecule has 0 aliphatic carbocycles. The van der Waals surface area contributed by atoms with Crippen molar-refractivity contribution in [1.29, 1.82) is 0 Å². The third kappa shape index (κ3) is 7.09. The quantitative estimate of drug-likeness (QED) is 0.835. The molecule has 0 spiro atoms. The average molecular weight is 369 g/mol. The monoisotopic (exact) mass is 369 g/mol. The Bertz CT molecular complexity index is 770. The van der Waals surface area contributed by atoms with Crippen LogP contribution >= 0.6 is 0 Å². The molecule has 0 saturated carbocycles. The summed E-state index contributed by atoms with van der Waals surface area (Å²) >= 11 is 0. The first-order valence-electron chi connectivity index (χ1n) is 8.95. The topological polar surface area (TPSA) is 71.5 Å². The molecule has 144 valence electrons. The average Bonchev–Trinajstić information content (AvgIpc) is 2.61. The van der Waals surface area contributed by atoms with Gasteiger partial charge in [-0.05, 0) is 50.5 Å². The summed E-state index contributed by atoms with van der Waals surface area (Å²) in [4.78, 5) is 30.0. The van der Waals surface area contributed by atoms with Crippen LogP contribution in [0.4, 0.5) is 10.5 Å². The first-order chi connectivity index (χ1) is 12.7. The maximum Gasteiger partial charge on any atom is 0.410 e. The number of pyridine rings is 1. The number of anilines is 1. The highest BCUT2D eigenvalue weighted by Gasteiger charge is 2.20. The number of rotatable bonds is 6. The molecule has 0 bridgehead atoms. The van der Waals surface area contributed by atoms with Gasteiger partial charge in [-0.3, -0.25) is 9.78 Å². The first kappa shape index (κ1) is 20.4. The molecule has 0 unspecified atom stereocenters. The number of hydrogen-bond acceptors (Lipinski definition) is 4. The van der Waals surface area contributed by atoms with Crippen LogP contribution in [0.3, 0.4) is 0 Å². The number of para-hydroxylation sites is 1. The molecule has 2 rings (SSSR count). The number of hydrogen-bond donors (Lipinski definition) is 1. The molecule has 0 aliphatic rings. The second kappa shape index (κ2) is 9.16. The minimum absolute atomic E-state index is 0.0776. The maximum atomic E-state index is 12.3. The molecule has 2 amide bonds. The molecule has 1 N–H and O–H groups in total. The van der Waals surface area contributed by atoms with Crippen molar-refractivity contribution in [1.82, 2.24) is 9.88 Å². The molecular formula is C21H27N3O3. The SMILES string of the molecule is CN(Cc1ccccc1NC(=O)CCc1cccnc1)C(=O)OC(C)(C)C. The van der Waals surface area contributed by atoms with E-state index in [1.165, 1.54) is 4.90 Å². The van der Waals surface area contributed by atoms with E-state index < -0.39 is 11.7 Å². The Hall–Kier alpha value is -2.89. The number of aromatic nitrogens is 1. The lowest BCUT2D eigenvalue weighted by molar-refractivity contribution is -0.116. The van der Waals surface area contributed by atoms with Crippen LogP contribution in [-0.2, 0) is 22.5 Å². The Morgan fingerprint density at radius 2 is 1.89 bits per heavy atom. The largest absolute Gasteiger partial charge is 0.444 e. The predicted octanol–water partition coefficient (Wildman–Crippen LogP) is 4.02. The Labute approximate surface area is 160 Å². The van der Waals surface area contributed by atoms with Gasteiger partial charge in [0.05, 0.1) is 6.54 Å². The van der Waals surface area contributed by atoms with Gasteiger partial charge in [-0.2, -0.15) is 0 Å². The van der Waals surface area contributed by atoms with Gasteiger partial charge in [-0.25, -0.2) is 4.79 Å². The minimum atomic E-state index is -0.550. The van der Waals surface area contributed by atoms with Gasteiger partial charge in [0.25, 0.3) is 0 Å². The van der Waals surface area contributed by atoms with Crippen molar-refractivity contribution in [2.75, 3.05) is 12.4 Å². The fraction of sp³-hybridized carbons (Fsp3) is 0.381. The summed E-state index contributed by atoms with van der Waals surface area (Å²) in [6, 6.07) is 11.3. The summed E-state index contributed by atoms with van der Waals surface area (Å²) < 4.78 is 5.37. The molecule has 0 aliphatic heterocycles. The number of nitrogens with one attached hydrogen (secondary N) is 1. The van der Waals surface area contributed by atoms with Gasteiger partial charge in [0.2, 0.25) is 5.91 Å². The lowest BCUT2D eigenvalue weighted by Crippen LogP contribution is -2.34. The van der Waals surface area contributed by atoms with Crippen LogP contribution in [0, 0.1) is 0 Å². The summed E-state index contributed by atoms with van der Waals surface area (Å²) in [6.45, 7) is 5.83. The van der Waals surface area contributed by atoms with Crippen LogP contribution in [0.5, 0.6) is 0 Å². The Morgan fingerprint density at radius 3 is 2.56 bits per heavy atom. The molecule has 6 heteroatoms. The normalized spacial score (nSPS) is 11.0. The van der Waals surface area contributed by atoms with Gasteiger partial charge in [0, 0.05) is 31.5 Å². The zero-order chi connectivity index (χ0) is 19.9. The van der Waals surface area contributed by atoms with Crippen molar-refractivity contribution in [3.05, 3.63) is 59.9 Å². The molecule has 2 aromatic rings. The summed E-state index contributed by atoms with van der Waals surface area (Å²) in [5.41, 5.74) is 2.01. The smallest absolute Gasteiger partial charge is 0.410 e. The van der Waals surface area contributed by atoms with Crippen LogP contribution in [0.2, 0.25) is 0 Å². The fourth-order valence-corrected chi connectivity index (χ4v) is 2.46. The highest BCUT2D eigenvalue weighted by atomic mass is 16.6. The second-order valence-electron chi connectivity index (χ2n) is 7.40. The van der Waals surface area contributed by atoms with Crippen LogP contribution in [0.1, 0.15) is 38.3 Å². The van der Waals surface area contributed by atoms with Crippen molar-refractivity contribution in [2.45, 2.75) is 45.8 Å². The highest BCUT2D eigenvalue weighted by molar-refractivity contribution is 5.91. The Balaban J connectivity index is 1.96. The summed E-state index contributed by atoms with van der Waals surface area (Å²) in [7, 11) is 1.68. The number of carbonyl (C=O) groups excluding carboxylic acids is 2. The Kier molecular flexibility index (Phi) is 6.93. The van der Waals surface area contributed by atoms with Crippen LogP contribution < -0.4 is 5.32 Å². The van der Waals surface area contributed by atoms with E-state index in [-0.39, 0.29) is 5.91 Å². The molecule has 0 radical (unpaired) electrons. The number of aryl methyl sites for hydroxylation is 1. The lowest BCUT2D eigenvalue weighted by Gasteiger charge is -2.25. The van der Waals surface area contributed by atoms with E-state index in [1.807, 2.05) is 57.2 Å². The van der Waals surface area contributed by atoms with Gasteiger partial charge in [0.15, 0.2) is 0 Å². The van der Waals surface area contributed by atoms with Crippen molar-refractivity contribution >= 4 is 17.7 Å². The number of ether oxygens (including phenoxy) is 1. The second-order valence-corrected chi connectivity index (χ2v) is 7.40. The molecule has 27 heavy (non-hydrogen) atoms. The molecule has 1 aromatic heterocycles. The van der Waals surface area contributed by atoms with Crippen LogP contribution in [-0.4, -0.2) is 34.5 Å². The molecule has 6 nitrogen and oxygen atoms in total. The predicted molar refractivity (Wildman–Crippen MR) is 105 cm³/mol. The van der Waals surface area contributed by atoms with E-state index in [0.29, 0.717) is 25.1 Å². The molecule has 1 heterocycles. The number of amides is 2. The summed E-state index contributed by atoms with van der Waals surface area (Å²) in [5, 5.41) is 2.94. The first-order valence-corrected chi connectivity index (χ1v) is 8.95. The molecule has 1 aromatic carbocycles. The van der Waals surface area contributed by atoms with Gasteiger partial charge < -0.3 is 15.0 Å². The maximum absolute atomic E-state index is 12.3. The third-order valence-corrected chi connectivity index (χ3v) is 3.77. The fourth-order valence-electron chi connectivity index (χ4n) is 2.46. The number of carbonyl (C=O) groups is 2. The summed E-state index contributed by atoms with van der Waals surface area (Å²) in [6.07, 6.45) is 4.06. The molecule has 0 fully saturated rings. The molecular weight excluding hydrogens is 342 g/mol. The molecule has 0 atom stereocenters. The minimum Gasteiger partial charge on any atom is -0.444 e. The highest BCUT2D eigenvalue weighted by Crippen LogP contribution is 2.19. The van der Waals surface area contributed by atoms with E-state index in [4.69, 9.17) is 4.74 Å². The van der Waals surface area contributed by atoms with Gasteiger partial charge in [-0.1, -0.05) is 24.3 Å². The van der Waals surface area contributed by atoms with Crippen molar-refractivity contribution < 1.29 is 14.3 Å². The van der Waals surface area contributed by atoms with Crippen LogP contribution in [0.15, 0.2) is 48.8 Å². The Morgan fingerprint density at radius 1 is 1.15 bits per heavy atom. The lowest BCUT2D eigenvalue weighted by atomic mass is 10.1. The zero-order valence-corrected chi connectivity index (χ0v) is 16.4. The van der Waals surface area contributed by atoms with E-state index in [1.54, 1.807) is 19.4 Å². The van der Waals surface area contributed by atoms with E-state index in [9.17, 15) is 9.59 Å². The van der Waals surface area contributed by atoms with E-state index >= 15 is 0 Å². The zero-order valence-electron chi connectivity index (χ0n) is 16.4. The van der Waals surface area contributed by atoms with Crippen molar-refractivity contribution in [2.24, 2.45) is 0 Å². The van der Waals surface area contributed by atoms with Gasteiger partial charge >= 0.3 is 6.09 Å². The van der Waals surface area contributed by atoms with Crippen molar-refractivity contribution in [3.63, 3.8) is 0 Å². The van der Waals surface area contributed by atoms with Gasteiger partial charge in [0.1, 0.15) is 5.60 Å². The van der Waals surface area contributed by atoms with Gasteiger partial charge in [-0.15, -0.1) is 0 Å². The number of nitrogens with zero attached hydrogens (tertiary/aromatic N) is 2. The number of benzene rings is 1. The molecule has 0 saturated heterocycles. The summed E-state index contributed by atoms with van der Waals surface area (Å²) in [5.74, 6) is -0.0776. The van der Waals surface area contributed by atoms with E-state index in [2.05, 4.69) is 10.3 Å². The van der Waals surface area contributed by atoms with Crippen LogP contribution in [0.25, 0.3) is 0 Å². The standard InChI is InChI=1S/C21H27N3O3/c1-21(2,3)27-20(26)24(4)15-17-9-5-6-10-18(17)23-19(25)12-11-16-8-7-13-22-14-16/h5-10,13-14H,11-12,15H2,1-4H3,(H,23,25). The van der Waals surface area contributed by atoms with E-state index in [0.717, 1.165) is 11.1 Å². The van der Waals surface area contributed by atoms with Crippen molar-refractivity contribution in [3.8, 4) is 0 Å². The third-order valence-electron chi connectivity index (χ3n) is 3.77.